The Morgan fingerprint density at radius 3 is 2.72 bits per heavy atom. The number of aromatic nitrogens is 1. The van der Waals surface area contributed by atoms with Gasteiger partial charge >= 0.3 is 5.97 Å². The molecule has 7 heteroatoms. The number of hydrogen-bond donors (Lipinski definition) is 1. The maximum absolute atomic E-state index is 12.2. The number of anilines is 2. The lowest BCUT2D eigenvalue weighted by Crippen LogP contribution is -2.36. The molecule has 0 radical (unpaired) electrons. The Morgan fingerprint density at radius 1 is 1.28 bits per heavy atom. The first-order chi connectivity index (χ1) is 12.2. The van der Waals surface area contributed by atoms with Crippen molar-refractivity contribution in [2.45, 2.75) is 32.6 Å². The SMILES string of the molecule is CCOC(=O)c1nc2sc(N3CCOCC3)c3c(c-2c1N)CCCC3. The molecule has 3 heterocycles. The fourth-order valence-corrected chi connectivity index (χ4v) is 5.08. The summed E-state index contributed by atoms with van der Waals surface area (Å²) >= 11 is 1.65. The molecule has 4 rings (SSSR count). The number of esters is 1. The number of nitrogens with two attached hydrogens (primary N) is 1. The van der Waals surface area contributed by atoms with Crippen molar-refractivity contribution in [2.75, 3.05) is 43.5 Å². The normalized spacial score (nSPS) is 17.6. The van der Waals surface area contributed by atoms with Crippen molar-refractivity contribution in [1.29, 1.82) is 0 Å². The van der Waals surface area contributed by atoms with Gasteiger partial charge in [0.15, 0.2) is 5.69 Å². The lowest BCUT2D eigenvalue weighted by Gasteiger charge is -2.32. The van der Waals surface area contributed by atoms with Gasteiger partial charge in [-0.1, -0.05) is 11.3 Å². The van der Waals surface area contributed by atoms with Crippen molar-refractivity contribution in [3.05, 3.63) is 16.8 Å². The van der Waals surface area contributed by atoms with Gasteiger partial charge in [-0.15, -0.1) is 0 Å². The second kappa shape index (κ2) is 6.80. The van der Waals surface area contributed by atoms with E-state index < -0.39 is 5.97 Å². The van der Waals surface area contributed by atoms with E-state index in [1.165, 1.54) is 22.5 Å². The first-order valence-corrected chi connectivity index (χ1v) is 9.76. The van der Waals surface area contributed by atoms with Gasteiger partial charge in [0.2, 0.25) is 0 Å². The molecule has 0 unspecified atom stereocenters. The molecule has 134 valence electrons. The topological polar surface area (TPSA) is 77.7 Å². The molecule has 1 saturated heterocycles. The average molecular weight is 361 g/mol. The molecule has 3 aliphatic heterocycles. The second-order valence-electron chi connectivity index (χ2n) is 6.45. The number of carbonyl (C=O) groups is 1. The Morgan fingerprint density at radius 2 is 2.00 bits per heavy atom. The van der Waals surface area contributed by atoms with E-state index in [0.29, 0.717) is 12.3 Å². The Labute approximate surface area is 151 Å². The number of morpholine rings is 1. The van der Waals surface area contributed by atoms with Gasteiger partial charge in [-0.25, -0.2) is 9.78 Å². The second-order valence-corrected chi connectivity index (χ2v) is 7.42. The van der Waals surface area contributed by atoms with E-state index >= 15 is 0 Å². The highest BCUT2D eigenvalue weighted by Gasteiger charge is 2.31. The largest absolute Gasteiger partial charge is 0.461 e. The maximum atomic E-state index is 12.2. The Bertz CT molecular complexity index is 768. The monoisotopic (exact) mass is 361 g/mol. The molecule has 0 aromatic rings. The van der Waals surface area contributed by atoms with Gasteiger partial charge in [-0.2, -0.15) is 0 Å². The zero-order valence-corrected chi connectivity index (χ0v) is 15.3. The van der Waals surface area contributed by atoms with Crippen LogP contribution in [-0.2, 0) is 22.3 Å². The summed E-state index contributed by atoms with van der Waals surface area (Å²) in [6.07, 6.45) is 4.41. The Balaban J connectivity index is 1.87. The standard InChI is InChI=1S/C18H23N3O3S/c1-2-24-18(22)15-14(19)13-11-5-3-4-6-12(11)17(25-16(13)20-15)21-7-9-23-10-8-21/h2-10,19H2,1H3. The predicted molar refractivity (Wildman–Crippen MR) is 98.8 cm³/mol. The highest BCUT2D eigenvalue weighted by molar-refractivity contribution is 7.19. The van der Waals surface area contributed by atoms with Gasteiger partial charge in [0.05, 0.1) is 30.5 Å². The van der Waals surface area contributed by atoms with Crippen LogP contribution < -0.4 is 10.6 Å². The highest BCUT2D eigenvalue weighted by atomic mass is 32.1. The summed E-state index contributed by atoms with van der Waals surface area (Å²) in [6.45, 7) is 5.42. The zero-order valence-electron chi connectivity index (χ0n) is 14.5. The molecule has 0 aromatic heterocycles. The molecule has 1 aliphatic carbocycles. The van der Waals surface area contributed by atoms with Gasteiger partial charge in [0.1, 0.15) is 5.01 Å². The minimum atomic E-state index is -0.430. The zero-order chi connectivity index (χ0) is 17.4. The van der Waals surface area contributed by atoms with Crippen LogP contribution >= 0.6 is 11.3 Å². The molecule has 25 heavy (non-hydrogen) atoms. The average Bonchev–Trinajstić information content (AvgIpc) is 2.99. The number of hydrogen-bond acceptors (Lipinski definition) is 7. The quantitative estimate of drug-likeness (QED) is 0.847. The van der Waals surface area contributed by atoms with Crippen LogP contribution in [-0.4, -0.2) is 43.9 Å². The molecule has 0 saturated carbocycles. The van der Waals surface area contributed by atoms with Crippen molar-refractivity contribution >= 4 is 28.0 Å². The molecule has 0 aromatic carbocycles. The van der Waals surface area contributed by atoms with Gasteiger partial charge < -0.3 is 20.1 Å². The number of nitrogens with zero attached hydrogens (tertiary/aromatic N) is 2. The Kier molecular flexibility index (Phi) is 4.52. The van der Waals surface area contributed by atoms with Crippen molar-refractivity contribution in [3.63, 3.8) is 0 Å². The summed E-state index contributed by atoms with van der Waals surface area (Å²) < 4.78 is 10.6. The van der Waals surface area contributed by atoms with E-state index in [0.717, 1.165) is 56.1 Å². The summed E-state index contributed by atoms with van der Waals surface area (Å²) in [5.41, 5.74) is 10.7. The summed E-state index contributed by atoms with van der Waals surface area (Å²) in [6, 6.07) is 0. The van der Waals surface area contributed by atoms with E-state index in [1.54, 1.807) is 18.3 Å². The van der Waals surface area contributed by atoms with Crippen molar-refractivity contribution in [3.8, 4) is 10.6 Å². The van der Waals surface area contributed by atoms with Gasteiger partial charge in [0, 0.05) is 18.7 Å². The fourth-order valence-electron chi connectivity index (χ4n) is 3.76. The summed E-state index contributed by atoms with van der Waals surface area (Å²) in [5, 5.41) is 2.13. The fraction of sp³-hybridized carbons (Fsp3) is 0.556. The molecule has 0 amide bonds. The summed E-state index contributed by atoms with van der Waals surface area (Å²) in [5.74, 6) is -0.430. The molecule has 2 N–H and O–H groups in total. The minimum Gasteiger partial charge on any atom is -0.461 e. The van der Waals surface area contributed by atoms with Crippen molar-refractivity contribution in [2.24, 2.45) is 0 Å². The van der Waals surface area contributed by atoms with E-state index in [2.05, 4.69) is 9.88 Å². The minimum absolute atomic E-state index is 0.264. The van der Waals surface area contributed by atoms with Crippen LogP contribution in [0.15, 0.2) is 0 Å². The van der Waals surface area contributed by atoms with E-state index in [-0.39, 0.29) is 5.69 Å². The molecule has 1 fully saturated rings. The van der Waals surface area contributed by atoms with Crippen LogP contribution in [0.3, 0.4) is 0 Å². The van der Waals surface area contributed by atoms with E-state index in [4.69, 9.17) is 15.2 Å². The number of fused-ring (bicyclic) bond motifs is 3. The smallest absolute Gasteiger partial charge is 0.359 e. The first-order valence-electron chi connectivity index (χ1n) is 8.94. The van der Waals surface area contributed by atoms with Crippen LogP contribution in [0, 0.1) is 0 Å². The predicted octanol–water partition coefficient (Wildman–Crippen LogP) is 2.72. The third kappa shape index (κ3) is 2.85. The number of ether oxygens (including phenoxy) is 2. The third-order valence-electron chi connectivity index (χ3n) is 4.94. The summed E-state index contributed by atoms with van der Waals surface area (Å²) in [7, 11) is 0. The molecule has 4 aliphatic rings. The van der Waals surface area contributed by atoms with Gasteiger partial charge in [-0.05, 0) is 43.7 Å². The van der Waals surface area contributed by atoms with Crippen LogP contribution in [0.4, 0.5) is 10.7 Å². The molecular formula is C18H23N3O3S. The van der Waals surface area contributed by atoms with E-state index in [1.807, 2.05) is 0 Å². The number of rotatable bonds is 3. The van der Waals surface area contributed by atoms with Crippen LogP contribution in [0.25, 0.3) is 10.6 Å². The Hall–Kier alpha value is -1.86. The van der Waals surface area contributed by atoms with Crippen LogP contribution in [0.5, 0.6) is 0 Å². The number of carbonyl (C=O) groups excluding carboxylic acids is 1. The third-order valence-corrected chi connectivity index (χ3v) is 6.13. The molecule has 0 atom stereocenters. The summed E-state index contributed by atoms with van der Waals surface area (Å²) in [4.78, 5) is 19.2. The van der Waals surface area contributed by atoms with Crippen LogP contribution in [0.1, 0.15) is 41.4 Å². The molecule has 0 spiro atoms. The van der Waals surface area contributed by atoms with Gasteiger partial charge in [0.25, 0.3) is 0 Å². The van der Waals surface area contributed by atoms with Crippen LogP contribution in [0.2, 0.25) is 0 Å². The molecular weight excluding hydrogens is 338 g/mol. The lowest BCUT2D eigenvalue weighted by molar-refractivity contribution is 0.0522. The van der Waals surface area contributed by atoms with Crippen molar-refractivity contribution < 1.29 is 14.3 Å². The molecule has 6 nitrogen and oxygen atoms in total. The van der Waals surface area contributed by atoms with Gasteiger partial charge in [-0.3, -0.25) is 0 Å². The maximum Gasteiger partial charge on any atom is 0.359 e. The van der Waals surface area contributed by atoms with Crippen molar-refractivity contribution in [1.82, 2.24) is 4.98 Å². The number of nitrogen functional groups attached to an aromatic ring is 1. The van der Waals surface area contributed by atoms with E-state index in [9.17, 15) is 4.79 Å². The first kappa shape index (κ1) is 16.6. The highest BCUT2D eigenvalue weighted by Crippen LogP contribution is 2.47. The lowest BCUT2D eigenvalue weighted by atomic mass is 9.89. The molecule has 0 bridgehead atoms.